The normalized spacial score (nSPS) is 20.9. The summed E-state index contributed by atoms with van der Waals surface area (Å²) in [4.78, 5) is 12.5. The minimum atomic E-state index is -3.94. The summed E-state index contributed by atoms with van der Waals surface area (Å²) in [6, 6.07) is 7.16. The van der Waals surface area contributed by atoms with Crippen molar-refractivity contribution >= 4 is 22.0 Å². The van der Waals surface area contributed by atoms with Crippen LogP contribution in [0.15, 0.2) is 28.7 Å². The van der Waals surface area contributed by atoms with Crippen molar-refractivity contribution in [1.29, 1.82) is 0 Å². The zero-order valence-electron chi connectivity index (χ0n) is 15.0. The molecule has 2 heterocycles. The number of para-hydroxylation sites is 1. The van der Waals surface area contributed by atoms with Crippen molar-refractivity contribution in [2.24, 2.45) is 4.40 Å². The SMILES string of the molecule is CC(C)(C)NS(=O)(=O)/N=C1/c2ccccc2OC12CCN(C(=O)O)CC2. The van der Waals surface area contributed by atoms with E-state index in [0.717, 1.165) is 0 Å². The molecule has 142 valence electrons. The number of nitrogens with one attached hydrogen (secondary N) is 1. The van der Waals surface area contributed by atoms with E-state index in [0.29, 0.717) is 29.9 Å². The Morgan fingerprint density at radius 3 is 2.46 bits per heavy atom. The lowest BCUT2D eigenvalue weighted by molar-refractivity contribution is 0.0628. The molecule has 8 nitrogen and oxygen atoms in total. The molecule has 0 saturated carbocycles. The van der Waals surface area contributed by atoms with Crippen LogP contribution in [0, 0.1) is 0 Å². The van der Waals surface area contributed by atoms with Crippen molar-refractivity contribution in [1.82, 2.24) is 9.62 Å². The van der Waals surface area contributed by atoms with E-state index < -0.39 is 27.4 Å². The van der Waals surface area contributed by atoms with Crippen LogP contribution in [0.2, 0.25) is 0 Å². The summed E-state index contributed by atoms with van der Waals surface area (Å²) in [6.45, 7) is 5.74. The van der Waals surface area contributed by atoms with Crippen LogP contribution in [0.1, 0.15) is 39.2 Å². The molecular formula is C17H23N3O5S. The first-order valence-electron chi connectivity index (χ1n) is 8.42. The maximum Gasteiger partial charge on any atom is 0.407 e. The first-order chi connectivity index (χ1) is 12.0. The van der Waals surface area contributed by atoms with Crippen LogP contribution in [-0.2, 0) is 10.2 Å². The highest BCUT2D eigenvalue weighted by molar-refractivity contribution is 7.88. The molecular weight excluding hydrogens is 358 g/mol. The van der Waals surface area contributed by atoms with E-state index in [1.165, 1.54) is 4.90 Å². The van der Waals surface area contributed by atoms with E-state index in [1.54, 1.807) is 39.0 Å². The summed E-state index contributed by atoms with van der Waals surface area (Å²) in [5, 5.41) is 9.17. The predicted molar refractivity (Wildman–Crippen MR) is 97.0 cm³/mol. The number of hydrogen-bond acceptors (Lipinski definition) is 4. The number of piperidine rings is 1. The van der Waals surface area contributed by atoms with Crippen LogP contribution in [0.5, 0.6) is 5.75 Å². The van der Waals surface area contributed by atoms with Crippen molar-refractivity contribution in [2.45, 2.75) is 44.8 Å². The fourth-order valence-electron chi connectivity index (χ4n) is 3.32. The number of carbonyl (C=O) groups is 1. The Morgan fingerprint density at radius 1 is 1.27 bits per heavy atom. The summed E-state index contributed by atoms with van der Waals surface area (Å²) in [5.41, 5.74) is -0.616. The minimum absolute atomic E-state index is 0.259. The van der Waals surface area contributed by atoms with Gasteiger partial charge in [0, 0.05) is 37.0 Å². The lowest BCUT2D eigenvalue weighted by Crippen LogP contribution is -2.52. The second-order valence-corrected chi connectivity index (χ2v) is 8.97. The van der Waals surface area contributed by atoms with Gasteiger partial charge in [0.05, 0.1) is 0 Å². The van der Waals surface area contributed by atoms with Crippen molar-refractivity contribution in [3.05, 3.63) is 29.8 Å². The number of fused-ring (bicyclic) bond motifs is 1. The average molecular weight is 381 g/mol. The van der Waals surface area contributed by atoms with Gasteiger partial charge in [0.25, 0.3) is 0 Å². The standard InChI is InChI=1S/C17H23N3O5S/c1-16(2,3)19-26(23,24)18-14-12-6-4-5-7-13(12)25-17(14)8-10-20(11-9-17)15(21)22/h4-7,19H,8-11H2,1-3H3,(H,21,22)/b18-14-. The Labute approximate surface area is 153 Å². The van der Waals surface area contributed by atoms with E-state index in [-0.39, 0.29) is 13.1 Å². The third kappa shape index (κ3) is 3.68. The van der Waals surface area contributed by atoms with E-state index in [2.05, 4.69) is 9.12 Å². The Balaban J connectivity index is 2.01. The second kappa shape index (κ2) is 6.24. The Morgan fingerprint density at radius 2 is 1.88 bits per heavy atom. The smallest absolute Gasteiger partial charge is 0.407 e. The maximum atomic E-state index is 12.6. The molecule has 1 fully saturated rings. The molecule has 1 saturated heterocycles. The van der Waals surface area contributed by atoms with E-state index in [9.17, 15) is 18.3 Å². The van der Waals surface area contributed by atoms with Gasteiger partial charge >= 0.3 is 16.3 Å². The lowest BCUT2D eigenvalue weighted by Gasteiger charge is -2.37. The van der Waals surface area contributed by atoms with Gasteiger partial charge in [-0.2, -0.15) is 13.1 Å². The van der Waals surface area contributed by atoms with E-state index >= 15 is 0 Å². The highest BCUT2D eigenvalue weighted by Gasteiger charge is 2.49. The number of hydrogen-bond donors (Lipinski definition) is 2. The number of benzene rings is 1. The first-order valence-corrected chi connectivity index (χ1v) is 9.86. The highest BCUT2D eigenvalue weighted by atomic mass is 32.2. The molecule has 0 atom stereocenters. The summed E-state index contributed by atoms with van der Waals surface area (Å²) >= 11 is 0. The van der Waals surface area contributed by atoms with Gasteiger partial charge in [-0.25, -0.2) is 4.79 Å². The maximum absolute atomic E-state index is 12.6. The monoisotopic (exact) mass is 381 g/mol. The molecule has 0 bridgehead atoms. The van der Waals surface area contributed by atoms with E-state index in [4.69, 9.17) is 4.74 Å². The lowest BCUT2D eigenvalue weighted by atomic mass is 9.85. The van der Waals surface area contributed by atoms with Crippen LogP contribution >= 0.6 is 0 Å². The molecule has 1 aromatic rings. The highest BCUT2D eigenvalue weighted by Crippen LogP contribution is 2.41. The van der Waals surface area contributed by atoms with Gasteiger partial charge in [0.1, 0.15) is 11.5 Å². The zero-order valence-corrected chi connectivity index (χ0v) is 15.8. The third-order valence-electron chi connectivity index (χ3n) is 4.37. The summed E-state index contributed by atoms with van der Waals surface area (Å²) in [5.74, 6) is 0.570. The summed E-state index contributed by atoms with van der Waals surface area (Å²) < 4.78 is 37.8. The molecule has 26 heavy (non-hydrogen) atoms. The number of nitrogens with zero attached hydrogens (tertiary/aromatic N) is 2. The van der Waals surface area contributed by atoms with Crippen LogP contribution in [-0.4, -0.2) is 54.5 Å². The van der Waals surface area contributed by atoms with Gasteiger partial charge in [0.2, 0.25) is 0 Å². The van der Waals surface area contributed by atoms with Gasteiger partial charge in [0.15, 0.2) is 5.60 Å². The largest absolute Gasteiger partial charge is 0.480 e. The molecule has 2 aliphatic rings. The van der Waals surface area contributed by atoms with Crippen LogP contribution in [0.4, 0.5) is 4.79 Å². The van der Waals surface area contributed by atoms with Crippen molar-refractivity contribution in [3.8, 4) is 5.75 Å². The predicted octanol–water partition coefficient (Wildman–Crippen LogP) is 2.01. The van der Waals surface area contributed by atoms with Gasteiger partial charge in [-0.3, -0.25) is 0 Å². The van der Waals surface area contributed by atoms with E-state index in [1.807, 2.05) is 6.07 Å². The zero-order chi connectivity index (χ0) is 19.2. The molecule has 9 heteroatoms. The van der Waals surface area contributed by atoms with Gasteiger partial charge in [-0.05, 0) is 32.9 Å². The summed E-state index contributed by atoms with van der Waals surface area (Å²) in [6.07, 6.45) is -0.300. The fraction of sp³-hybridized carbons (Fsp3) is 0.529. The number of ether oxygens (including phenoxy) is 1. The molecule has 0 aliphatic carbocycles. The molecule has 2 N–H and O–H groups in total. The molecule has 1 aromatic carbocycles. The minimum Gasteiger partial charge on any atom is -0.480 e. The second-order valence-electron chi connectivity index (χ2n) is 7.63. The van der Waals surface area contributed by atoms with Crippen molar-refractivity contribution in [3.63, 3.8) is 0 Å². The molecule has 0 unspecified atom stereocenters. The molecule has 3 rings (SSSR count). The molecule has 0 aromatic heterocycles. The van der Waals surface area contributed by atoms with Gasteiger partial charge in [-0.1, -0.05) is 12.1 Å². The molecule has 1 spiro atoms. The number of carboxylic acid groups (broad SMARTS) is 1. The summed E-state index contributed by atoms with van der Waals surface area (Å²) in [7, 11) is -3.94. The van der Waals surface area contributed by atoms with Gasteiger partial charge in [-0.15, -0.1) is 4.40 Å². The van der Waals surface area contributed by atoms with Crippen molar-refractivity contribution in [2.75, 3.05) is 13.1 Å². The Bertz CT molecular complexity index is 849. The van der Waals surface area contributed by atoms with Crippen LogP contribution in [0.25, 0.3) is 0 Å². The Kier molecular flexibility index (Phi) is 4.48. The van der Waals surface area contributed by atoms with Crippen LogP contribution < -0.4 is 9.46 Å². The average Bonchev–Trinajstić information content (AvgIpc) is 2.78. The van der Waals surface area contributed by atoms with Crippen LogP contribution in [0.3, 0.4) is 0 Å². The number of likely N-dealkylation sites (tertiary alicyclic amines) is 1. The molecule has 1 amide bonds. The van der Waals surface area contributed by atoms with Crippen molar-refractivity contribution < 1.29 is 23.1 Å². The topological polar surface area (TPSA) is 108 Å². The quantitative estimate of drug-likeness (QED) is 0.815. The Hall–Kier alpha value is -2.13. The number of amides is 1. The molecule has 0 radical (unpaired) electrons. The first kappa shape index (κ1) is 18.7. The molecule has 2 aliphatic heterocycles. The fourth-order valence-corrected chi connectivity index (χ4v) is 4.64. The van der Waals surface area contributed by atoms with Gasteiger partial charge < -0.3 is 14.7 Å². The number of rotatable bonds is 2. The third-order valence-corrected chi connectivity index (χ3v) is 5.66.